The average Bonchev–Trinajstić information content (AvgIpc) is 3.62. The highest BCUT2D eigenvalue weighted by molar-refractivity contribution is 7.57. The van der Waals surface area contributed by atoms with E-state index in [-0.39, 0.29) is 47.6 Å². The summed E-state index contributed by atoms with van der Waals surface area (Å²) in [5, 5.41) is 16.4. The number of amides is 3. The minimum Gasteiger partial charge on any atom is -0.465 e. The molecule has 3 aromatic carbocycles. The van der Waals surface area contributed by atoms with Gasteiger partial charge in [-0.1, -0.05) is 61.5 Å². The van der Waals surface area contributed by atoms with Crippen molar-refractivity contribution in [3.8, 4) is 11.8 Å². The molecule has 1 aliphatic carbocycles. The van der Waals surface area contributed by atoms with E-state index in [0.29, 0.717) is 53.6 Å². The lowest BCUT2D eigenvalue weighted by molar-refractivity contribution is -0.147. The van der Waals surface area contributed by atoms with E-state index in [1.54, 1.807) is 35.2 Å². The molecule has 8 rings (SSSR count). The summed E-state index contributed by atoms with van der Waals surface area (Å²) in [5.74, 6) is -4.02. The third kappa shape index (κ3) is 7.95. The number of esters is 1. The molecule has 3 saturated heterocycles. The van der Waals surface area contributed by atoms with Crippen LogP contribution in [0.3, 0.4) is 0 Å². The largest absolute Gasteiger partial charge is 0.465 e. The van der Waals surface area contributed by atoms with E-state index in [0.717, 1.165) is 24.8 Å². The Kier molecular flexibility index (Phi) is 11.9. The highest BCUT2D eigenvalue weighted by Crippen LogP contribution is 2.59. The fraction of sp³-hybridized carbons (Fsp3) is 0.444. The summed E-state index contributed by atoms with van der Waals surface area (Å²) in [6.45, 7) is 3.86. The number of benzene rings is 3. The molecule has 314 valence electrons. The van der Waals surface area contributed by atoms with Crippen LogP contribution in [-0.2, 0) is 23.7 Å². The second-order valence-corrected chi connectivity index (χ2v) is 19.6. The van der Waals surface area contributed by atoms with Crippen LogP contribution in [0, 0.1) is 17.2 Å². The minimum atomic E-state index is -4.45. The number of para-hydroxylation sites is 1. The number of carbonyl (C=O) groups excluding carboxylic acids is 4. The van der Waals surface area contributed by atoms with Crippen molar-refractivity contribution < 1.29 is 37.4 Å². The number of nitrogens with one attached hydrogen (secondary N) is 2. The second-order valence-electron chi connectivity index (χ2n) is 16.4. The molecular formula is C45H49FN5O7PS. The van der Waals surface area contributed by atoms with Crippen LogP contribution in [0.15, 0.2) is 84.9 Å². The van der Waals surface area contributed by atoms with Crippen molar-refractivity contribution in [3.63, 3.8) is 0 Å². The third-order valence-electron chi connectivity index (χ3n) is 12.5. The summed E-state index contributed by atoms with van der Waals surface area (Å²) in [5.41, 5.74) is 0.541. The lowest BCUT2D eigenvalue weighted by Crippen LogP contribution is -2.56. The van der Waals surface area contributed by atoms with Crippen molar-refractivity contribution >= 4 is 52.6 Å². The molecule has 8 atom stereocenters. The van der Waals surface area contributed by atoms with E-state index < -0.39 is 49.0 Å². The molecule has 0 radical (unpaired) electrons. The van der Waals surface area contributed by atoms with Crippen LogP contribution in [0.2, 0.25) is 0 Å². The Morgan fingerprint density at radius 3 is 2.45 bits per heavy atom. The van der Waals surface area contributed by atoms with E-state index in [1.807, 2.05) is 42.2 Å². The molecule has 1 saturated carbocycles. The predicted molar refractivity (Wildman–Crippen MR) is 225 cm³/mol. The molecule has 1 unspecified atom stereocenters. The Morgan fingerprint density at radius 2 is 1.75 bits per heavy atom. The van der Waals surface area contributed by atoms with Crippen LogP contribution in [0.25, 0.3) is 10.1 Å². The molecule has 60 heavy (non-hydrogen) atoms. The van der Waals surface area contributed by atoms with E-state index in [4.69, 9.17) is 9.26 Å². The first-order valence-electron chi connectivity index (χ1n) is 20.8. The maximum atomic E-state index is 16.5. The topological polar surface area (TPSA) is 158 Å². The zero-order valence-electron chi connectivity index (χ0n) is 33.6. The summed E-state index contributed by atoms with van der Waals surface area (Å²) in [7, 11) is -4.45. The number of fused-ring (bicyclic) bond motifs is 2. The Labute approximate surface area is 352 Å². The number of nitriles is 1. The second kappa shape index (κ2) is 17.1. The van der Waals surface area contributed by atoms with Crippen molar-refractivity contribution in [2.75, 3.05) is 13.2 Å². The monoisotopic (exact) mass is 853 g/mol. The van der Waals surface area contributed by atoms with Gasteiger partial charge in [0.2, 0.25) is 17.7 Å². The smallest absolute Gasteiger partial charge is 0.355 e. The standard InChI is InChI=1S/C45H49FN5O7PS/c1-3-23-57-44(55)28(2)49-59(56,58-33-14-8-5-9-15-33)40(46)30-17-20-38-31(24-30)25-39(60-38)41(52)48-36-16-10-13-32-18-19-37(51(32)42(36)53)43(54)50-27-34(29-11-6-4-7-12-29)35(26-47)45(50)21-22-45/h4-9,11-12,14-15,17,20,24-25,28,32,34-37,40H,3,10,13,16,18-19,21-23,27H2,1-2H3,(H,48,52)(H,49,56)/t28-,32-,34+,35+,36-,37-,40-,59?/m0/s1. The fourth-order valence-electron chi connectivity index (χ4n) is 9.34. The zero-order valence-corrected chi connectivity index (χ0v) is 35.3. The van der Waals surface area contributed by atoms with Crippen LogP contribution in [-0.4, -0.2) is 76.3 Å². The lowest BCUT2D eigenvalue weighted by atomic mass is 9.85. The molecule has 12 nitrogen and oxygen atoms in total. The highest BCUT2D eigenvalue weighted by atomic mass is 32.1. The number of carbonyl (C=O) groups is 4. The van der Waals surface area contributed by atoms with E-state index in [2.05, 4.69) is 16.5 Å². The van der Waals surface area contributed by atoms with Gasteiger partial charge in [0.25, 0.3) is 5.91 Å². The van der Waals surface area contributed by atoms with Gasteiger partial charge in [0.1, 0.15) is 23.9 Å². The van der Waals surface area contributed by atoms with Gasteiger partial charge in [0.05, 0.1) is 29.0 Å². The highest BCUT2D eigenvalue weighted by Gasteiger charge is 2.64. The van der Waals surface area contributed by atoms with Crippen molar-refractivity contribution in [3.05, 3.63) is 101 Å². The lowest BCUT2D eigenvalue weighted by Gasteiger charge is -2.35. The first kappa shape index (κ1) is 41.6. The molecule has 0 bridgehead atoms. The third-order valence-corrected chi connectivity index (χ3v) is 15.7. The maximum absolute atomic E-state index is 16.5. The zero-order chi connectivity index (χ0) is 42.2. The molecule has 3 amide bonds. The molecule has 1 spiro atoms. The first-order chi connectivity index (χ1) is 29.0. The summed E-state index contributed by atoms with van der Waals surface area (Å²) in [4.78, 5) is 59.3. The number of thiophene rings is 1. The van der Waals surface area contributed by atoms with Gasteiger partial charge in [-0.2, -0.15) is 5.26 Å². The number of halogens is 1. The molecule has 4 aromatic rings. The summed E-state index contributed by atoms with van der Waals surface area (Å²) < 4.78 is 42.5. The number of hydrogen-bond acceptors (Lipinski definition) is 9. The Hall–Kier alpha value is -5.09. The molecule has 4 aliphatic rings. The Morgan fingerprint density at radius 1 is 1.02 bits per heavy atom. The van der Waals surface area contributed by atoms with Crippen molar-refractivity contribution in [1.82, 2.24) is 20.2 Å². The molecule has 2 N–H and O–H groups in total. The SMILES string of the molecule is CCCOC(=O)[C@H](C)NP(=O)(Oc1ccccc1)[C@H](F)c1ccc2sc(C(=O)N[C@H]3CCC[C@H]4CC[C@@H](C(=O)N5C[C@H](c6ccccc6)[C@@H](C#N)C56CC6)N4C3=O)cc2c1. The van der Waals surface area contributed by atoms with Crippen molar-refractivity contribution in [2.45, 2.75) is 107 Å². The molecule has 15 heteroatoms. The van der Waals surface area contributed by atoms with E-state index in [9.17, 15) is 29.0 Å². The quantitative estimate of drug-likeness (QED) is 0.100. The summed E-state index contributed by atoms with van der Waals surface area (Å²) >= 11 is 1.18. The van der Waals surface area contributed by atoms with Gasteiger partial charge in [-0.25, -0.2) is 9.48 Å². The molecule has 1 aromatic heterocycles. The van der Waals surface area contributed by atoms with Crippen LogP contribution in [0.4, 0.5) is 4.39 Å². The van der Waals surface area contributed by atoms with Gasteiger partial charge in [0, 0.05) is 23.2 Å². The van der Waals surface area contributed by atoms with E-state index >= 15 is 4.39 Å². The average molecular weight is 854 g/mol. The molecule has 4 heterocycles. The molecular weight excluding hydrogens is 805 g/mol. The number of likely N-dealkylation sites (tertiary alicyclic amines) is 1. The van der Waals surface area contributed by atoms with Gasteiger partial charge in [-0.3, -0.25) is 23.7 Å². The number of rotatable bonds is 13. The Balaban J connectivity index is 0.980. The minimum absolute atomic E-state index is 0.0186. The van der Waals surface area contributed by atoms with Gasteiger partial charge >= 0.3 is 13.5 Å². The Bertz CT molecular complexity index is 2350. The molecule has 4 fully saturated rings. The van der Waals surface area contributed by atoms with Crippen LogP contribution in [0.5, 0.6) is 5.75 Å². The number of ether oxygens (including phenoxy) is 1. The number of hydrogen-bond donors (Lipinski definition) is 2. The van der Waals surface area contributed by atoms with Gasteiger partial charge in [-0.05, 0) is 105 Å². The van der Waals surface area contributed by atoms with Crippen molar-refractivity contribution in [1.29, 1.82) is 5.26 Å². The summed E-state index contributed by atoms with van der Waals surface area (Å²) in [6.07, 6.45) is 5.18. The molecule has 3 aliphatic heterocycles. The van der Waals surface area contributed by atoms with Gasteiger partial charge < -0.3 is 24.4 Å². The van der Waals surface area contributed by atoms with Gasteiger partial charge in [0.15, 0.2) is 0 Å². The predicted octanol–water partition coefficient (Wildman–Crippen LogP) is 8.01. The number of alkyl halides is 1. The van der Waals surface area contributed by atoms with Gasteiger partial charge in [-0.15, -0.1) is 11.3 Å². The van der Waals surface area contributed by atoms with E-state index in [1.165, 1.54) is 42.5 Å². The van der Waals surface area contributed by atoms with Crippen LogP contribution < -0.4 is 14.9 Å². The normalized spacial score (nSPS) is 25.1. The number of nitrogens with zero attached hydrogens (tertiary/aromatic N) is 3. The van der Waals surface area contributed by atoms with Crippen LogP contribution in [0.1, 0.15) is 97.8 Å². The van der Waals surface area contributed by atoms with Crippen molar-refractivity contribution in [2.24, 2.45) is 5.92 Å². The van der Waals surface area contributed by atoms with Crippen LogP contribution >= 0.6 is 18.9 Å². The maximum Gasteiger partial charge on any atom is 0.355 e. The summed E-state index contributed by atoms with van der Waals surface area (Å²) in [6, 6.07) is 24.0. The first-order valence-corrected chi connectivity index (χ1v) is 23.3. The fourth-order valence-corrected chi connectivity index (χ4v) is 12.2.